The molecule has 0 amide bonds. The van der Waals surface area contributed by atoms with Crippen LogP contribution in [-0.4, -0.2) is 30.1 Å². The van der Waals surface area contributed by atoms with Crippen LogP contribution in [0.2, 0.25) is 0 Å². The summed E-state index contributed by atoms with van der Waals surface area (Å²) in [6.45, 7) is 5.45. The highest BCUT2D eigenvalue weighted by molar-refractivity contribution is 5.96. The molecule has 0 saturated carbocycles. The van der Waals surface area contributed by atoms with E-state index in [-0.39, 0.29) is 0 Å². The molecule has 0 bridgehead atoms. The van der Waals surface area contributed by atoms with Crippen molar-refractivity contribution < 1.29 is 19.1 Å². The van der Waals surface area contributed by atoms with Gasteiger partial charge in [0.15, 0.2) is 6.10 Å². The number of aryl methyl sites for hydroxylation is 2. The first-order valence-electron chi connectivity index (χ1n) is 6.31. The predicted molar refractivity (Wildman–Crippen MR) is 74.7 cm³/mol. The van der Waals surface area contributed by atoms with Crippen LogP contribution in [0.1, 0.15) is 28.5 Å². The Morgan fingerprint density at radius 2 is 1.95 bits per heavy atom. The summed E-state index contributed by atoms with van der Waals surface area (Å²) >= 11 is 0. The van der Waals surface area contributed by atoms with Crippen molar-refractivity contribution in [2.45, 2.75) is 26.9 Å². The van der Waals surface area contributed by atoms with E-state index in [9.17, 15) is 9.59 Å². The molecule has 0 spiro atoms. The average Bonchev–Trinajstić information content (AvgIpc) is 2.72. The van der Waals surface area contributed by atoms with Gasteiger partial charge in [-0.25, -0.2) is 9.59 Å². The molecule has 1 heterocycles. The number of hydrogen-bond acceptors (Lipinski definition) is 4. The number of carbonyl (C=O) groups excluding carboxylic acids is 2. The number of rotatable bonds is 3. The molecule has 106 valence electrons. The smallest absolute Gasteiger partial charge is 0.346 e. The molecule has 1 atom stereocenters. The van der Waals surface area contributed by atoms with E-state index >= 15 is 0 Å². The van der Waals surface area contributed by atoms with E-state index in [2.05, 4.69) is 9.72 Å². The zero-order valence-electron chi connectivity index (χ0n) is 11.9. The van der Waals surface area contributed by atoms with Gasteiger partial charge in [-0.15, -0.1) is 0 Å². The summed E-state index contributed by atoms with van der Waals surface area (Å²) in [5, 5.41) is 0.975. The molecule has 2 rings (SSSR count). The van der Waals surface area contributed by atoms with E-state index in [1.165, 1.54) is 14.0 Å². The minimum atomic E-state index is -0.919. The van der Waals surface area contributed by atoms with Crippen molar-refractivity contribution in [3.63, 3.8) is 0 Å². The largest absolute Gasteiger partial charge is 0.466 e. The molecular formula is C15H17NO4. The van der Waals surface area contributed by atoms with Gasteiger partial charge < -0.3 is 14.5 Å². The lowest BCUT2D eigenvalue weighted by molar-refractivity contribution is -0.149. The van der Waals surface area contributed by atoms with Crippen molar-refractivity contribution in [2.75, 3.05) is 7.11 Å². The first kappa shape index (κ1) is 14.1. The highest BCUT2D eigenvalue weighted by atomic mass is 16.6. The van der Waals surface area contributed by atoms with Gasteiger partial charge in [0.05, 0.1) is 12.7 Å². The number of benzene rings is 1. The quantitative estimate of drug-likeness (QED) is 0.874. The van der Waals surface area contributed by atoms with Crippen molar-refractivity contribution in [2.24, 2.45) is 0 Å². The van der Waals surface area contributed by atoms with Gasteiger partial charge in [0.25, 0.3) is 0 Å². The lowest BCUT2D eigenvalue weighted by Crippen LogP contribution is -2.25. The number of ether oxygens (including phenoxy) is 2. The maximum Gasteiger partial charge on any atom is 0.346 e. The van der Waals surface area contributed by atoms with Gasteiger partial charge in [-0.05, 0) is 44.5 Å². The summed E-state index contributed by atoms with van der Waals surface area (Å²) in [4.78, 5) is 26.5. The van der Waals surface area contributed by atoms with Crippen molar-refractivity contribution in [1.82, 2.24) is 4.98 Å². The van der Waals surface area contributed by atoms with Crippen LogP contribution in [0.15, 0.2) is 18.2 Å². The zero-order valence-corrected chi connectivity index (χ0v) is 11.9. The molecule has 2 aromatic rings. The second kappa shape index (κ2) is 5.36. The molecule has 0 radical (unpaired) electrons. The molecule has 1 N–H and O–H groups in total. The van der Waals surface area contributed by atoms with E-state index < -0.39 is 18.0 Å². The SMILES string of the molecule is COC(=O)[C@H](C)OC(=O)c1ccc2[nH]c(C)c(C)c2c1. The van der Waals surface area contributed by atoms with Gasteiger partial charge in [-0.3, -0.25) is 0 Å². The van der Waals surface area contributed by atoms with Crippen molar-refractivity contribution in [3.8, 4) is 0 Å². The van der Waals surface area contributed by atoms with Gasteiger partial charge in [0.2, 0.25) is 0 Å². The maximum atomic E-state index is 12.0. The monoisotopic (exact) mass is 275 g/mol. The molecule has 20 heavy (non-hydrogen) atoms. The Morgan fingerprint density at radius 1 is 1.25 bits per heavy atom. The molecule has 0 aliphatic rings. The fourth-order valence-electron chi connectivity index (χ4n) is 2.03. The summed E-state index contributed by atoms with van der Waals surface area (Å²) in [5.41, 5.74) is 3.54. The van der Waals surface area contributed by atoms with Crippen LogP contribution < -0.4 is 0 Å². The summed E-state index contributed by atoms with van der Waals surface area (Å²) in [5.74, 6) is -1.11. The number of carbonyl (C=O) groups is 2. The number of esters is 2. The van der Waals surface area contributed by atoms with Crippen LogP contribution in [0.25, 0.3) is 10.9 Å². The van der Waals surface area contributed by atoms with Gasteiger partial charge in [-0.1, -0.05) is 0 Å². The van der Waals surface area contributed by atoms with E-state index in [1.807, 2.05) is 19.9 Å². The molecule has 1 aromatic carbocycles. The maximum absolute atomic E-state index is 12.0. The van der Waals surface area contributed by atoms with Gasteiger partial charge in [-0.2, -0.15) is 0 Å². The second-order valence-corrected chi connectivity index (χ2v) is 4.71. The molecule has 0 saturated heterocycles. The number of H-pyrrole nitrogens is 1. The first-order chi connectivity index (χ1) is 9.43. The van der Waals surface area contributed by atoms with Gasteiger partial charge in [0, 0.05) is 16.6 Å². The highest BCUT2D eigenvalue weighted by Gasteiger charge is 2.19. The molecule has 5 nitrogen and oxygen atoms in total. The molecule has 5 heteroatoms. The van der Waals surface area contributed by atoms with Crippen molar-refractivity contribution in [1.29, 1.82) is 0 Å². The molecule has 0 unspecified atom stereocenters. The fourth-order valence-corrected chi connectivity index (χ4v) is 2.03. The minimum absolute atomic E-state index is 0.412. The van der Waals surface area contributed by atoms with Crippen molar-refractivity contribution in [3.05, 3.63) is 35.0 Å². The Labute approximate surface area is 116 Å². The Bertz CT molecular complexity index is 672. The van der Waals surface area contributed by atoms with Crippen molar-refractivity contribution >= 4 is 22.8 Å². The Kier molecular flexibility index (Phi) is 3.79. The fraction of sp³-hybridized carbons (Fsp3) is 0.333. The summed E-state index contributed by atoms with van der Waals surface area (Å²) in [6.07, 6.45) is -0.919. The van der Waals surface area contributed by atoms with E-state index in [0.717, 1.165) is 22.2 Å². The average molecular weight is 275 g/mol. The van der Waals surface area contributed by atoms with E-state index in [1.54, 1.807) is 12.1 Å². The molecular weight excluding hydrogens is 258 g/mol. The van der Waals surface area contributed by atoms with Crippen LogP contribution in [0.3, 0.4) is 0 Å². The number of aromatic amines is 1. The third-order valence-corrected chi connectivity index (χ3v) is 3.36. The lowest BCUT2D eigenvalue weighted by Gasteiger charge is -2.10. The molecule has 0 aliphatic heterocycles. The number of aromatic nitrogens is 1. The Hall–Kier alpha value is -2.30. The minimum Gasteiger partial charge on any atom is -0.466 e. The zero-order chi connectivity index (χ0) is 14.9. The summed E-state index contributed by atoms with van der Waals surface area (Å²) in [7, 11) is 1.25. The normalized spacial score (nSPS) is 12.2. The number of methoxy groups -OCH3 is 1. The molecule has 1 aromatic heterocycles. The first-order valence-corrected chi connectivity index (χ1v) is 6.31. The Morgan fingerprint density at radius 3 is 2.60 bits per heavy atom. The highest BCUT2D eigenvalue weighted by Crippen LogP contribution is 2.22. The van der Waals surface area contributed by atoms with Gasteiger partial charge in [0.1, 0.15) is 0 Å². The Balaban J connectivity index is 2.26. The number of fused-ring (bicyclic) bond motifs is 1. The van der Waals surface area contributed by atoms with Crippen LogP contribution in [-0.2, 0) is 14.3 Å². The number of hydrogen-bond donors (Lipinski definition) is 1. The summed E-state index contributed by atoms with van der Waals surface area (Å²) < 4.78 is 9.58. The van der Waals surface area contributed by atoms with Gasteiger partial charge >= 0.3 is 11.9 Å². The third-order valence-electron chi connectivity index (χ3n) is 3.36. The van der Waals surface area contributed by atoms with E-state index in [0.29, 0.717) is 5.56 Å². The third kappa shape index (κ3) is 2.52. The predicted octanol–water partition coefficient (Wildman–Crippen LogP) is 2.50. The lowest BCUT2D eigenvalue weighted by atomic mass is 10.1. The van der Waals surface area contributed by atoms with Crippen LogP contribution >= 0.6 is 0 Å². The van der Waals surface area contributed by atoms with Crippen LogP contribution in [0.4, 0.5) is 0 Å². The number of nitrogens with one attached hydrogen (secondary N) is 1. The standard InChI is InChI=1S/C15H17NO4/c1-8-9(2)16-13-6-5-11(7-12(8)13)15(18)20-10(3)14(17)19-4/h5-7,10,16H,1-4H3/t10-/m0/s1. The summed E-state index contributed by atoms with van der Waals surface area (Å²) in [6, 6.07) is 5.26. The topological polar surface area (TPSA) is 68.4 Å². The molecule has 0 fully saturated rings. The second-order valence-electron chi connectivity index (χ2n) is 4.71. The van der Waals surface area contributed by atoms with E-state index in [4.69, 9.17) is 4.74 Å². The molecule has 0 aliphatic carbocycles. The van der Waals surface area contributed by atoms with Crippen LogP contribution in [0, 0.1) is 13.8 Å². The van der Waals surface area contributed by atoms with Crippen LogP contribution in [0.5, 0.6) is 0 Å².